The van der Waals surface area contributed by atoms with Crippen LogP contribution in [0.15, 0.2) is 36.8 Å². The lowest BCUT2D eigenvalue weighted by Crippen LogP contribution is -2.27. The summed E-state index contributed by atoms with van der Waals surface area (Å²) in [6, 6.07) is 6.65. The molecular weight excluding hydrogens is 236 g/mol. The molecule has 4 nitrogen and oxygen atoms in total. The predicted molar refractivity (Wildman–Crippen MR) is 74.8 cm³/mol. The van der Waals surface area contributed by atoms with Crippen LogP contribution in [-0.4, -0.2) is 21.3 Å². The molecule has 0 fully saturated rings. The summed E-state index contributed by atoms with van der Waals surface area (Å²) in [7, 11) is 0. The van der Waals surface area contributed by atoms with Gasteiger partial charge in [-0.2, -0.15) is 5.10 Å². The zero-order valence-electron chi connectivity index (χ0n) is 11.1. The van der Waals surface area contributed by atoms with E-state index in [9.17, 15) is 0 Å². The largest absolute Gasteiger partial charge is 0.309 e. The van der Waals surface area contributed by atoms with Gasteiger partial charge in [-0.15, -0.1) is 0 Å². The van der Waals surface area contributed by atoms with Crippen molar-refractivity contribution in [2.75, 3.05) is 6.54 Å². The van der Waals surface area contributed by atoms with Gasteiger partial charge >= 0.3 is 0 Å². The highest BCUT2D eigenvalue weighted by Gasteiger charge is 2.20. The molecule has 1 atom stereocenters. The molecule has 0 saturated heterocycles. The van der Waals surface area contributed by atoms with Gasteiger partial charge in [0, 0.05) is 31.2 Å². The second kappa shape index (κ2) is 5.97. The van der Waals surface area contributed by atoms with Crippen molar-refractivity contribution in [2.24, 2.45) is 0 Å². The molecule has 0 amide bonds. The number of aryl methyl sites for hydroxylation is 2. The summed E-state index contributed by atoms with van der Waals surface area (Å²) in [5.74, 6) is 0. The Kier molecular flexibility index (Phi) is 3.89. The summed E-state index contributed by atoms with van der Waals surface area (Å²) >= 11 is 0. The third-order valence-corrected chi connectivity index (χ3v) is 3.71. The first-order valence-corrected chi connectivity index (χ1v) is 7.08. The topological polar surface area (TPSA) is 42.7 Å². The maximum atomic E-state index is 4.55. The third kappa shape index (κ3) is 3.01. The van der Waals surface area contributed by atoms with Crippen molar-refractivity contribution >= 4 is 0 Å². The van der Waals surface area contributed by atoms with Gasteiger partial charge in [-0.3, -0.25) is 9.67 Å². The first kappa shape index (κ1) is 12.4. The molecule has 0 aliphatic heterocycles. The van der Waals surface area contributed by atoms with E-state index in [-0.39, 0.29) is 0 Å². The van der Waals surface area contributed by atoms with Gasteiger partial charge in [-0.1, -0.05) is 6.07 Å². The average Bonchev–Trinajstić information content (AvgIpc) is 2.97. The van der Waals surface area contributed by atoms with Crippen molar-refractivity contribution in [3.63, 3.8) is 0 Å². The zero-order valence-corrected chi connectivity index (χ0v) is 11.1. The van der Waals surface area contributed by atoms with E-state index in [0.29, 0.717) is 6.04 Å². The highest BCUT2D eigenvalue weighted by atomic mass is 15.3. The Morgan fingerprint density at radius 2 is 2.32 bits per heavy atom. The highest BCUT2D eigenvalue weighted by molar-refractivity contribution is 5.25. The van der Waals surface area contributed by atoms with Crippen molar-refractivity contribution in [3.05, 3.63) is 48.0 Å². The molecule has 0 spiro atoms. The summed E-state index contributed by atoms with van der Waals surface area (Å²) in [5, 5.41) is 7.85. The van der Waals surface area contributed by atoms with Crippen molar-refractivity contribution in [1.82, 2.24) is 20.1 Å². The second-order valence-electron chi connectivity index (χ2n) is 5.07. The minimum atomic E-state index is 0.433. The molecule has 100 valence electrons. The molecule has 2 heterocycles. The number of hydrogen-bond donors (Lipinski definition) is 1. The van der Waals surface area contributed by atoms with Crippen LogP contribution in [0.1, 0.15) is 36.6 Å². The first-order valence-electron chi connectivity index (χ1n) is 7.08. The zero-order chi connectivity index (χ0) is 12.9. The quantitative estimate of drug-likeness (QED) is 0.835. The monoisotopic (exact) mass is 256 g/mol. The van der Waals surface area contributed by atoms with Crippen molar-refractivity contribution in [1.29, 1.82) is 0 Å². The number of aromatic nitrogens is 3. The van der Waals surface area contributed by atoms with Crippen LogP contribution in [0.4, 0.5) is 0 Å². The maximum Gasteiger partial charge on any atom is 0.0605 e. The van der Waals surface area contributed by atoms with E-state index in [1.54, 1.807) is 0 Å². The molecule has 0 bridgehead atoms. The summed E-state index contributed by atoms with van der Waals surface area (Å²) in [6.07, 6.45) is 10.5. The van der Waals surface area contributed by atoms with Crippen LogP contribution in [-0.2, 0) is 13.0 Å². The lowest BCUT2D eigenvalue weighted by Gasteiger charge is -2.25. The number of nitrogens with zero attached hydrogens (tertiary/aromatic N) is 3. The van der Waals surface area contributed by atoms with Gasteiger partial charge < -0.3 is 5.32 Å². The first-order chi connectivity index (χ1) is 9.43. The van der Waals surface area contributed by atoms with Crippen LogP contribution >= 0.6 is 0 Å². The van der Waals surface area contributed by atoms with Crippen LogP contribution < -0.4 is 5.32 Å². The summed E-state index contributed by atoms with van der Waals surface area (Å²) in [4.78, 5) is 4.55. The van der Waals surface area contributed by atoms with Crippen LogP contribution in [0, 0.1) is 0 Å². The molecule has 1 N–H and O–H groups in total. The molecule has 19 heavy (non-hydrogen) atoms. The molecule has 1 aliphatic rings. The SMILES string of the molecule is c1cnc2c(c1)CCCC2NCCCn1cccn1. The van der Waals surface area contributed by atoms with Gasteiger partial charge in [0.05, 0.1) is 5.69 Å². The Morgan fingerprint density at radius 3 is 3.21 bits per heavy atom. The predicted octanol–water partition coefficient (Wildman–Crippen LogP) is 2.34. The molecular formula is C15H20N4. The van der Waals surface area contributed by atoms with Crippen LogP contribution in [0.5, 0.6) is 0 Å². The van der Waals surface area contributed by atoms with Crippen LogP contribution in [0.25, 0.3) is 0 Å². The minimum Gasteiger partial charge on any atom is -0.309 e. The Labute approximate surface area is 113 Å². The lowest BCUT2D eigenvalue weighted by molar-refractivity contribution is 0.431. The lowest BCUT2D eigenvalue weighted by atomic mass is 9.92. The number of nitrogens with one attached hydrogen (secondary N) is 1. The van der Waals surface area contributed by atoms with E-state index in [4.69, 9.17) is 0 Å². The second-order valence-corrected chi connectivity index (χ2v) is 5.07. The van der Waals surface area contributed by atoms with Gasteiger partial charge in [-0.05, 0) is 49.9 Å². The minimum absolute atomic E-state index is 0.433. The molecule has 0 radical (unpaired) electrons. The molecule has 2 aromatic rings. The Balaban J connectivity index is 1.51. The van der Waals surface area contributed by atoms with Crippen LogP contribution in [0.3, 0.4) is 0 Å². The van der Waals surface area contributed by atoms with E-state index in [1.807, 2.05) is 35.4 Å². The average molecular weight is 256 g/mol. The molecule has 2 aromatic heterocycles. The fourth-order valence-electron chi connectivity index (χ4n) is 2.76. The summed E-state index contributed by atoms with van der Waals surface area (Å²) < 4.78 is 1.98. The van der Waals surface area contributed by atoms with Gasteiger partial charge in [0.15, 0.2) is 0 Å². The Bertz CT molecular complexity index is 507. The van der Waals surface area contributed by atoms with E-state index in [1.165, 1.54) is 30.5 Å². The molecule has 1 unspecified atom stereocenters. The molecule has 1 aliphatic carbocycles. The Morgan fingerprint density at radius 1 is 1.32 bits per heavy atom. The number of rotatable bonds is 5. The van der Waals surface area contributed by atoms with Gasteiger partial charge in [-0.25, -0.2) is 0 Å². The van der Waals surface area contributed by atoms with Crippen molar-refractivity contribution in [3.8, 4) is 0 Å². The molecule has 4 heteroatoms. The summed E-state index contributed by atoms with van der Waals surface area (Å²) in [6.45, 7) is 1.99. The third-order valence-electron chi connectivity index (χ3n) is 3.71. The smallest absolute Gasteiger partial charge is 0.0605 e. The van der Waals surface area contributed by atoms with E-state index >= 15 is 0 Å². The highest BCUT2D eigenvalue weighted by Crippen LogP contribution is 2.27. The van der Waals surface area contributed by atoms with Crippen molar-refractivity contribution in [2.45, 2.75) is 38.3 Å². The van der Waals surface area contributed by atoms with E-state index < -0.39 is 0 Å². The number of pyridine rings is 1. The standard InChI is InChI=1S/C15H20N4/c1-5-13-6-2-8-17-15(13)14(7-1)16-9-3-11-19-12-4-10-18-19/h2,4,6,8,10,12,14,16H,1,3,5,7,9,11H2. The Hall–Kier alpha value is -1.68. The van der Waals surface area contributed by atoms with Crippen molar-refractivity contribution < 1.29 is 0 Å². The van der Waals surface area contributed by atoms with Crippen LogP contribution in [0.2, 0.25) is 0 Å². The molecule has 0 saturated carbocycles. The summed E-state index contributed by atoms with van der Waals surface area (Å²) in [5.41, 5.74) is 2.67. The van der Waals surface area contributed by atoms with Gasteiger partial charge in [0.25, 0.3) is 0 Å². The molecule has 3 rings (SSSR count). The van der Waals surface area contributed by atoms with E-state index in [0.717, 1.165) is 19.5 Å². The normalized spacial score (nSPS) is 18.2. The fourth-order valence-corrected chi connectivity index (χ4v) is 2.76. The van der Waals surface area contributed by atoms with Gasteiger partial charge in [0.2, 0.25) is 0 Å². The maximum absolute atomic E-state index is 4.55. The van der Waals surface area contributed by atoms with E-state index in [2.05, 4.69) is 21.5 Å². The number of hydrogen-bond acceptors (Lipinski definition) is 3. The fraction of sp³-hybridized carbons (Fsp3) is 0.467. The number of fused-ring (bicyclic) bond motifs is 1. The molecule has 0 aromatic carbocycles. The van der Waals surface area contributed by atoms with Gasteiger partial charge in [0.1, 0.15) is 0 Å².